The molecular weight excluding hydrogens is 377 g/mol. The van der Waals surface area contributed by atoms with E-state index in [0.29, 0.717) is 22.2 Å². The maximum atomic E-state index is 13.2. The second-order valence-electron chi connectivity index (χ2n) is 6.07. The van der Waals surface area contributed by atoms with E-state index in [-0.39, 0.29) is 17.5 Å². The van der Waals surface area contributed by atoms with Crippen LogP contribution in [0.15, 0.2) is 76.6 Å². The summed E-state index contributed by atoms with van der Waals surface area (Å²) < 4.78 is 19.1. The third kappa shape index (κ3) is 3.61. The van der Waals surface area contributed by atoms with Gasteiger partial charge in [0.2, 0.25) is 0 Å². The van der Waals surface area contributed by atoms with Gasteiger partial charge >= 0.3 is 0 Å². The number of furan rings is 1. The maximum Gasteiger partial charge on any atom is 0.294 e. The zero-order chi connectivity index (χ0) is 19.5. The van der Waals surface area contributed by atoms with Crippen molar-refractivity contribution in [2.24, 2.45) is 0 Å². The van der Waals surface area contributed by atoms with Crippen LogP contribution < -0.4 is 4.90 Å². The number of carbonyl (C=O) groups is 1. The standard InChI is InChI=1S/C21H16FN3O2S/c1-25(15-9-7-14(22)8-10-15)20(26)19-17(13-28-21-23-11-4-12-24-21)16-5-2-3-6-18(16)27-19/h2-12H,13H2,1H3. The number of hydrogen-bond donors (Lipinski definition) is 0. The molecule has 0 unspecified atom stereocenters. The summed E-state index contributed by atoms with van der Waals surface area (Å²) >= 11 is 1.43. The molecule has 2 aromatic heterocycles. The molecular formula is C21H16FN3O2S. The number of fused-ring (bicyclic) bond motifs is 1. The Balaban J connectivity index is 1.69. The lowest BCUT2D eigenvalue weighted by Crippen LogP contribution is -2.26. The molecule has 0 fully saturated rings. The summed E-state index contributed by atoms with van der Waals surface area (Å²) in [6.45, 7) is 0. The first kappa shape index (κ1) is 18.2. The lowest BCUT2D eigenvalue weighted by molar-refractivity contribution is 0.0967. The minimum absolute atomic E-state index is 0.261. The lowest BCUT2D eigenvalue weighted by atomic mass is 10.1. The maximum absolute atomic E-state index is 13.2. The highest BCUT2D eigenvalue weighted by molar-refractivity contribution is 7.98. The van der Waals surface area contributed by atoms with Crippen LogP contribution >= 0.6 is 11.8 Å². The second-order valence-corrected chi connectivity index (χ2v) is 7.01. The summed E-state index contributed by atoms with van der Waals surface area (Å²) in [4.78, 5) is 23.0. The van der Waals surface area contributed by atoms with Crippen molar-refractivity contribution in [3.8, 4) is 0 Å². The van der Waals surface area contributed by atoms with Crippen molar-refractivity contribution in [3.05, 3.63) is 84.1 Å². The summed E-state index contributed by atoms with van der Waals surface area (Å²) in [5.41, 5.74) is 2.01. The number of benzene rings is 2. The normalized spacial score (nSPS) is 10.9. The van der Waals surface area contributed by atoms with Gasteiger partial charge in [0.1, 0.15) is 11.4 Å². The van der Waals surface area contributed by atoms with Crippen molar-refractivity contribution >= 4 is 34.3 Å². The second kappa shape index (κ2) is 7.82. The Bertz CT molecular complexity index is 1110. The van der Waals surface area contributed by atoms with Crippen molar-refractivity contribution in [3.63, 3.8) is 0 Å². The number of para-hydroxylation sites is 1. The van der Waals surface area contributed by atoms with Gasteiger partial charge < -0.3 is 9.32 Å². The summed E-state index contributed by atoms with van der Waals surface area (Å²) in [7, 11) is 1.64. The van der Waals surface area contributed by atoms with Crippen LogP contribution in [-0.4, -0.2) is 22.9 Å². The largest absolute Gasteiger partial charge is 0.451 e. The number of hydrogen-bond acceptors (Lipinski definition) is 5. The van der Waals surface area contributed by atoms with Gasteiger partial charge in [-0.15, -0.1) is 0 Å². The van der Waals surface area contributed by atoms with Crippen molar-refractivity contribution in [1.82, 2.24) is 9.97 Å². The highest BCUT2D eigenvalue weighted by Gasteiger charge is 2.24. The minimum Gasteiger partial charge on any atom is -0.451 e. The molecule has 0 aliphatic heterocycles. The molecule has 0 atom stereocenters. The molecule has 28 heavy (non-hydrogen) atoms. The summed E-state index contributed by atoms with van der Waals surface area (Å²) in [6, 6.07) is 15.0. The Kier molecular flexibility index (Phi) is 5.08. The third-order valence-electron chi connectivity index (χ3n) is 4.30. The van der Waals surface area contributed by atoms with Gasteiger partial charge in [-0.2, -0.15) is 0 Å². The van der Waals surface area contributed by atoms with E-state index in [1.807, 2.05) is 24.3 Å². The van der Waals surface area contributed by atoms with Crippen LogP contribution in [0, 0.1) is 5.82 Å². The Hall–Kier alpha value is -3.19. The van der Waals surface area contributed by atoms with Crippen LogP contribution in [0.3, 0.4) is 0 Å². The molecule has 1 amide bonds. The fourth-order valence-corrected chi connectivity index (χ4v) is 3.68. The minimum atomic E-state index is -0.353. The molecule has 0 saturated heterocycles. The first-order chi connectivity index (χ1) is 13.6. The highest BCUT2D eigenvalue weighted by Crippen LogP contribution is 2.32. The van der Waals surface area contributed by atoms with Crippen LogP contribution in [-0.2, 0) is 5.75 Å². The molecule has 4 aromatic rings. The molecule has 0 spiro atoms. The number of rotatable bonds is 5. The van der Waals surface area contributed by atoms with Gasteiger partial charge in [-0.3, -0.25) is 4.79 Å². The van der Waals surface area contributed by atoms with Crippen LogP contribution in [0.2, 0.25) is 0 Å². The topological polar surface area (TPSA) is 59.2 Å². The molecule has 0 saturated carbocycles. The van der Waals surface area contributed by atoms with Gasteiger partial charge in [0, 0.05) is 41.8 Å². The van der Waals surface area contributed by atoms with E-state index in [9.17, 15) is 9.18 Å². The third-order valence-corrected chi connectivity index (χ3v) is 5.20. The Morgan fingerprint density at radius 1 is 1.07 bits per heavy atom. The smallest absolute Gasteiger partial charge is 0.294 e. The molecule has 0 radical (unpaired) electrons. The molecule has 0 N–H and O–H groups in total. The van der Waals surface area contributed by atoms with Crippen LogP contribution in [0.25, 0.3) is 11.0 Å². The van der Waals surface area contributed by atoms with Crippen LogP contribution in [0.5, 0.6) is 0 Å². The predicted molar refractivity (Wildman–Crippen MR) is 107 cm³/mol. The SMILES string of the molecule is CN(C(=O)c1oc2ccccc2c1CSc1ncccn1)c1ccc(F)cc1. The van der Waals surface area contributed by atoms with Gasteiger partial charge in [-0.25, -0.2) is 14.4 Å². The molecule has 2 heterocycles. The molecule has 2 aromatic carbocycles. The van der Waals surface area contributed by atoms with Crippen molar-refractivity contribution < 1.29 is 13.6 Å². The predicted octanol–water partition coefficient (Wildman–Crippen LogP) is 4.93. The molecule has 7 heteroatoms. The first-order valence-corrected chi connectivity index (χ1v) is 9.56. The Morgan fingerprint density at radius 3 is 2.54 bits per heavy atom. The van der Waals surface area contributed by atoms with Crippen molar-refractivity contribution in [1.29, 1.82) is 0 Å². The van der Waals surface area contributed by atoms with Crippen LogP contribution in [0.4, 0.5) is 10.1 Å². The van der Waals surface area contributed by atoms with Crippen molar-refractivity contribution in [2.75, 3.05) is 11.9 Å². The van der Waals surface area contributed by atoms with Gasteiger partial charge in [0.05, 0.1) is 0 Å². The Labute approximate surface area is 165 Å². The van der Waals surface area contributed by atoms with E-state index in [0.717, 1.165) is 10.9 Å². The highest BCUT2D eigenvalue weighted by atomic mass is 32.2. The zero-order valence-electron chi connectivity index (χ0n) is 15.0. The van der Waals surface area contributed by atoms with E-state index >= 15 is 0 Å². The van der Waals surface area contributed by atoms with E-state index in [2.05, 4.69) is 9.97 Å². The molecule has 0 aliphatic rings. The number of thioether (sulfide) groups is 1. The molecule has 5 nitrogen and oxygen atoms in total. The monoisotopic (exact) mass is 393 g/mol. The summed E-state index contributed by atoms with van der Waals surface area (Å²) in [5.74, 6) is 0.0939. The quantitative estimate of drug-likeness (QED) is 0.355. The van der Waals surface area contributed by atoms with Gasteiger partial charge in [0.25, 0.3) is 5.91 Å². The van der Waals surface area contributed by atoms with E-state index in [1.54, 1.807) is 37.6 Å². The van der Waals surface area contributed by atoms with E-state index in [4.69, 9.17) is 4.42 Å². The average Bonchev–Trinajstić information content (AvgIpc) is 3.11. The van der Waals surface area contributed by atoms with Crippen LogP contribution in [0.1, 0.15) is 16.1 Å². The fraction of sp³-hybridized carbons (Fsp3) is 0.0952. The number of halogens is 1. The summed E-state index contributed by atoms with van der Waals surface area (Å²) in [5, 5.41) is 1.50. The molecule has 0 aliphatic carbocycles. The number of aromatic nitrogens is 2. The number of anilines is 1. The number of nitrogens with zero attached hydrogens (tertiary/aromatic N) is 3. The van der Waals surface area contributed by atoms with Gasteiger partial charge in [0.15, 0.2) is 10.9 Å². The number of carbonyl (C=O) groups excluding carboxylic acids is 1. The van der Waals surface area contributed by atoms with Crippen molar-refractivity contribution in [2.45, 2.75) is 10.9 Å². The number of amides is 1. The van der Waals surface area contributed by atoms with E-state index < -0.39 is 0 Å². The average molecular weight is 393 g/mol. The van der Waals surface area contributed by atoms with E-state index in [1.165, 1.54) is 28.8 Å². The summed E-state index contributed by atoms with van der Waals surface area (Å²) in [6.07, 6.45) is 3.36. The molecule has 140 valence electrons. The lowest BCUT2D eigenvalue weighted by Gasteiger charge is -2.16. The molecule has 0 bridgehead atoms. The first-order valence-electron chi connectivity index (χ1n) is 8.57. The zero-order valence-corrected chi connectivity index (χ0v) is 15.8. The molecule has 4 rings (SSSR count). The fourth-order valence-electron chi connectivity index (χ4n) is 2.85. The Morgan fingerprint density at radius 2 is 1.79 bits per heavy atom. The van der Waals surface area contributed by atoms with Gasteiger partial charge in [-0.1, -0.05) is 30.0 Å². The van der Waals surface area contributed by atoms with Gasteiger partial charge in [-0.05, 0) is 36.4 Å².